The number of halogens is 2. The molecule has 6 nitrogen and oxygen atoms in total. The molecule has 0 aliphatic heterocycles. The van der Waals surface area contributed by atoms with Crippen LogP contribution in [0.4, 0.5) is 14.5 Å². The fourth-order valence-corrected chi connectivity index (χ4v) is 2.69. The van der Waals surface area contributed by atoms with Crippen LogP contribution in [0.1, 0.15) is 13.8 Å². The summed E-state index contributed by atoms with van der Waals surface area (Å²) in [6.45, 7) is 3.49. The van der Waals surface area contributed by atoms with Gasteiger partial charge in [0.2, 0.25) is 0 Å². The Bertz CT molecular complexity index is 800. The molecule has 0 saturated heterocycles. The van der Waals surface area contributed by atoms with E-state index in [-0.39, 0.29) is 6.61 Å². The maximum atomic E-state index is 12.3. The van der Waals surface area contributed by atoms with Crippen molar-refractivity contribution in [3.8, 4) is 11.5 Å². The Labute approximate surface area is 171 Å². The Morgan fingerprint density at radius 1 is 1.00 bits per heavy atom. The van der Waals surface area contributed by atoms with Crippen LogP contribution in [0.15, 0.2) is 53.4 Å². The number of nitrogens with one attached hydrogen (secondary N) is 1. The Morgan fingerprint density at radius 2 is 1.59 bits per heavy atom. The smallest absolute Gasteiger partial charge is 0.344 e. The number of anilines is 1. The number of amides is 1. The van der Waals surface area contributed by atoms with Crippen LogP contribution in [0.2, 0.25) is 0 Å². The summed E-state index contributed by atoms with van der Waals surface area (Å²) in [6, 6.07) is 12.7. The van der Waals surface area contributed by atoms with Crippen LogP contribution >= 0.6 is 11.8 Å². The minimum absolute atomic E-state index is 0.356. The fraction of sp³-hybridized carbons (Fsp3) is 0.300. The first-order chi connectivity index (χ1) is 13.9. The van der Waals surface area contributed by atoms with Gasteiger partial charge in [-0.2, -0.15) is 8.78 Å². The van der Waals surface area contributed by atoms with Gasteiger partial charge in [0.15, 0.2) is 12.7 Å². The van der Waals surface area contributed by atoms with Gasteiger partial charge < -0.3 is 19.5 Å². The number of hydrogen-bond donors (Lipinski definition) is 1. The minimum atomic E-state index is -2.51. The molecule has 0 bridgehead atoms. The average molecular weight is 425 g/mol. The van der Waals surface area contributed by atoms with Gasteiger partial charge in [0.05, 0.1) is 6.61 Å². The molecule has 0 radical (unpaired) electrons. The van der Waals surface area contributed by atoms with Gasteiger partial charge in [-0.1, -0.05) is 11.8 Å². The highest BCUT2D eigenvalue weighted by Gasteiger charge is 2.18. The number of hydrogen-bond acceptors (Lipinski definition) is 6. The molecular weight excluding hydrogens is 404 g/mol. The fourth-order valence-electron chi connectivity index (χ4n) is 2.19. The Balaban J connectivity index is 1.77. The third-order valence-electron chi connectivity index (χ3n) is 3.52. The summed E-state index contributed by atoms with van der Waals surface area (Å²) in [4.78, 5) is 24.4. The van der Waals surface area contributed by atoms with Crippen molar-refractivity contribution in [1.82, 2.24) is 0 Å². The molecule has 2 aromatic carbocycles. The molecule has 2 aromatic rings. The zero-order valence-corrected chi connectivity index (χ0v) is 16.7. The van der Waals surface area contributed by atoms with Gasteiger partial charge in [0.25, 0.3) is 11.7 Å². The van der Waals surface area contributed by atoms with Gasteiger partial charge >= 0.3 is 5.97 Å². The van der Waals surface area contributed by atoms with E-state index in [4.69, 9.17) is 14.2 Å². The second kappa shape index (κ2) is 11.3. The Morgan fingerprint density at radius 3 is 2.14 bits per heavy atom. The van der Waals surface area contributed by atoms with Gasteiger partial charge in [0.1, 0.15) is 11.5 Å². The highest BCUT2D eigenvalue weighted by Crippen LogP contribution is 2.26. The SMILES string of the molecule is CCOc1ccc(OCC(=O)OC(C)C(=O)Nc2ccc(SC(F)F)cc2)cc1. The van der Waals surface area contributed by atoms with Crippen LogP contribution in [0.3, 0.4) is 0 Å². The average Bonchev–Trinajstić information content (AvgIpc) is 2.68. The van der Waals surface area contributed by atoms with Crippen molar-refractivity contribution in [3.63, 3.8) is 0 Å². The quantitative estimate of drug-likeness (QED) is 0.451. The van der Waals surface area contributed by atoms with Crippen LogP contribution in [-0.4, -0.2) is 37.0 Å². The predicted molar refractivity (Wildman–Crippen MR) is 106 cm³/mol. The summed E-state index contributed by atoms with van der Waals surface area (Å²) in [7, 11) is 0. The number of ether oxygens (including phenoxy) is 3. The molecule has 0 heterocycles. The molecule has 0 aliphatic rings. The van der Waals surface area contributed by atoms with Crippen molar-refractivity contribution in [2.24, 2.45) is 0 Å². The third-order valence-corrected chi connectivity index (χ3v) is 4.24. The molecule has 0 aromatic heterocycles. The highest BCUT2D eigenvalue weighted by atomic mass is 32.2. The van der Waals surface area contributed by atoms with E-state index in [2.05, 4.69) is 5.32 Å². The Kier molecular flexibility index (Phi) is 8.72. The zero-order valence-electron chi connectivity index (χ0n) is 15.9. The summed E-state index contributed by atoms with van der Waals surface area (Å²) in [6.07, 6.45) is -1.05. The lowest BCUT2D eigenvalue weighted by molar-refractivity contribution is -0.155. The first-order valence-corrected chi connectivity index (χ1v) is 9.66. The van der Waals surface area contributed by atoms with E-state index in [1.165, 1.54) is 31.2 Å². The molecule has 1 amide bonds. The Hall–Kier alpha value is -2.81. The second-order valence-electron chi connectivity index (χ2n) is 5.72. The normalized spacial score (nSPS) is 11.6. The van der Waals surface area contributed by atoms with Crippen molar-refractivity contribution in [2.75, 3.05) is 18.5 Å². The lowest BCUT2D eigenvalue weighted by Crippen LogP contribution is -2.31. The van der Waals surface area contributed by atoms with Crippen LogP contribution in [0, 0.1) is 0 Å². The van der Waals surface area contributed by atoms with Crippen molar-refractivity contribution in [3.05, 3.63) is 48.5 Å². The van der Waals surface area contributed by atoms with Crippen molar-refractivity contribution < 1.29 is 32.6 Å². The molecular formula is C20H21F2NO5S. The topological polar surface area (TPSA) is 73.9 Å². The molecule has 1 unspecified atom stereocenters. The van der Waals surface area contributed by atoms with Crippen LogP contribution in [0.5, 0.6) is 11.5 Å². The number of esters is 1. The second-order valence-corrected chi connectivity index (χ2v) is 6.78. The number of alkyl halides is 2. The summed E-state index contributed by atoms with van der Waals surface area (Å²) in [5.41, 5.74) is 0.405. The number of rotatable bonds is 10. The molecule has 0 saturated carbocycles. The molecule has 0 spiro atoms. The maximum Gasteiger partial charge on any atom is 0.344 e. The van der Waals surface area contributed by atoms with Gasteiger partial charge in [-0.25, -0.2) is 4.79 Å². The molecule has 156 valence electrons. The molecule has 2 rings (SSSR count). The number of thioether (sulfide) groups is 1. The molecule has 1 atom stereocenters. The van der Waals surface area contributed by atoms with Gasteiger partial charge in [0, 0.05) is 10.6 Å². The van der Waals surface area contributed by atoms with E-state index in [9.17, 15) is 18.4 Å². The summed E-state index contributed by atoms with van der Waals surface area (Å²) in [5, 5.41) is 2.55. The molecule has 9 heteroatoms. The molecule has 1 N–H and O–H groups in total. The van der Waals surface area contributed by atoms with E-state index < -0.39 is 23.7 Å². The lowest BCUT2D eigenvalue weighted by atomic mass is 10.3. The third kappa shape index (κ3) is 7.98. The van der Waals surface area contributed by atoms with Crippen LogP contribution in [-0.2, 0) is 14.3 Å². The van der Waals surface area contributed by atoms with E-state index in [0.717, 1.165) is 0 Å². The van der Waals surface area contributed by atoms with Crippen LogP contribution in [0.25, 0.3) is 0 Å². The first kappa shape index (κ1) is 22.5. The standard InChI is InChI=1S/C20H21F2NO5S/c1-3-26-15-6-8-16(9-7-15)27-12-18(24)28-13(2)19(25)23-14-4-10-17(11-5-14)29-20(21)22/h4-11,13,20H,3,12H2,1-2H3,(H,23,25). The maximum absolute atomic E-state index is 12.3. The summed E-state index contributed by atoms with van der Waals surface area (Å²) < 4.78 is 40.3. The monoisotopic (exact) mass is 425 g/mol. The number of benzene rings is 2. The van der Waals surface area contributed by atoms with Crippen molar-refractivity contribution in [1.29, 1.82) is 0 Å². The lowest BCUT2D eigenvalue weighted by Gasteiger charge is -2.14. The van der Waals surface area contributed by atoms with E-state index in [1.54, 1.807) is 24.3 Å². The van der Waals surface area contributed by atoms with Crippen LogP contribution < -0.4 is 14.8 Å². The number of carbonyl (C=O) groups excluding carboxylic acids is 2. The van der Waals surface area contributed by atoms with Gasteiger partial charge in [-0.05, 0) is 62.4 Å². The highest BCUT2D eigenvalue weighted by molar-refractivity contribution is 7.99. The first-order valence-electron chi connectivity index (χ1n) is 8.78. The minimum Gasteiger partial charge on any atom is -0.494 e. The zero-order chi connectivity index (χ0) is 21.2. The molecule has 0 fully saturated rings. The van der Waals surface area contributed by atoms with Gasteiger partial charge in [-0.3, -0.25) is 4.79 Å². The van der Waals surface area contributed by atoms with E-state index >= 15 is 0 Å². The largest absolute Gasteiger partial charge is 0.494 e. The molecule has 29 heavy (non-hydrogen) atoms. The summed E-state index contributed by atoms with van der Waals surface area (Å²) >= 11 is 0.411. The summed E-state index contributed by atoms with van der Waals surface area (Å²) in [5.74, 6) is -2.61. The molecule has 0 aliphatic carbocycles. The van der Waals surface area contributed by atoms with Crippen molar-refractivity contribution in [2.45, 2.75) is 30.6 Å². The van der Waals surface area contributed by atoms with E-state index in [1.807, 2.05) is 6.92 Å². The van der Waals surface area contributed by atoms with E-state index in [0.29, 0.717) is 40.5 Å². The van der Waals surface area contributed by atoms with Gasteiger partial charge in [-0.15, -0.1) is 0 Å². The number of carbonyl (C=O) groups is 2. The van der Waals surface area contributed by atoms with Crippen molar-refractivity contribution >= 4 is 29.3 Å². The predicted octanol–water partition coefficient (Wildman–Crippen LogP) is 4.35.